The summed E-state index contributed by atoms with van der Waals surface area (Å²) in [4.78, 5) is 10.2. The number of H-pyrrole nitrogens is 1. The third kappa shape index (κ3) is 4.45. The van der Waals surface area contributed by atoms with Gasteiger partial charge in [-0.25, -0.2) is 9.98 Å². The Morgan fingerprint density at radius 1 is 1.33 bits per heavy atom. The van der Waals surface area contributed by atoms with Crippen molar-refractivity contribution in [2.24, 2.45) is 4.99 Å². The van der Waals surface area contributed by atoms with Crippen LogP contribution in [0.1, 0.15) is 17.6 Å². The van der Waals surface area contributed by atoms with E-state index in [1.807, 2.05) is 18.2 Å². The summed E-state index contributed by atoms with van der Waals surface area (Å²) in [6.07, 6.45) is 2.33. The number of thiophene rings is 1. The van der Waals surface area contributed by atoms with Crippen molar-refractivity contribution < 1.29 is 4.42 Å². The minimum Gasteiger partial charge on any atom is -0.461 e. The summed E-state index contributed by atoms with van der Waals surface area (Å²) >= 11 is 1.71. The number of aliphatic imine (C=N–C) groups is 1. The zero-order valence-electron chi connectivity index (χ0n) is 13.5. The van der Waals surface area contributed by atoms with Gasteiger partial charge in [-0.3, -0.25) is 5.10 Å². The molecule has 0 aliphatic rings. The van der Waals surface area contributed by atoms with Crippen LogP contribution < -0.4 is 10.6 Å². The molecule has 0 amide bonds. The number of rotatable bonds is 7. The third-order valence-corrected chi connectivity index (χ3v) is 4.11. The summed E-state index contributed by atoms with van der Waals surface area (Å²) in [5.74, 6) is 2.85. The predicted octanol–water partition coefficient (Wildman–Crippen LogP) is 2.42. The quantitative estimate of drug-likeness (QED) is 0.452. The Hall–Kier alpha value is -2.61. The molecule has 8 heteroatoms. The van der Waals surface area contributed by atoms with E-state index in [1.165, 1.54) is 4.88 Å². The number of nitrogens with one attached hydrogen (secondary N) is 3. The van der Waals surface area contributed by atoms with Crippen LogP contribution >= 0.6 is 11.3 Å². The topological polar surface area (TPSA) is 91.1 Å². The molecule has 0 aromatic carbocycles. The lowest BCUT2D eigenvalue weighted by molar-refractivity contribution is 0.577. The van der Waals surface area contributed by atoms with Crippen molar-refractivity contribution in [1.82, 2.24) is 25.8 Å². The van der Waals surface area contributed by atoms with E-state index in [2.05, 4.69) is 49.2 Å². The Kier molecular flexibility index (Phi) is 5.62. The van der Waals surface area contributed by atoms with E-state index in [-0.39, 0.29) is 0 Å². The molecule has 0 bridgehead atoms. The number of hydrogen-bond acceptors (Lipinski definition) is 5. The van der Waals surface area contributed by atoms with Gasteiger partial charge in [0.25, 0.3) is 0 Å². The van der Waals surface area contributed by atoms with Gasteiger partial charge in [0.1, 0.15) is 5.82 Å². The highest BCUT2D eigenvalue weighted by Gasteiger charge is 2.08. The largest absolute Gasteiger partial charge is 0.461 e. The Morgan fingerprint density at radius 3 is 3.04 bits per heavy atom. The van der Waals surface area contributed by atoms with Crippen molar-refractivity contribution in [3.63, 3.8) is 0 Å². The smallest absolute Gasteiger partial charge is 0.216 e. The normalized spacial score (nSPS) is 11.6. The first-order valence-electron chi connectivity index (χ1n) is 7.85. The van der Waals surface area contributed by atoms with E-state index in [0.29, 0.717) is 24.7 Å². The van der Waals surface area contributed by atoms with Gasteiger partial charge in [-0.05, 0) is 30.5 Å². The number of aromatic nitrogens is 3. The highest BCUT2D eigenvalue weighted by molar-refractivity contribution is 7.09. The van der Waals surface area contributed by atoms with Crippen molar-refractivity contribution in [3.05, 3.63) is 46.6 Å². The molecule has 0 saturated heterocycles. The predicted molar refractivity (Wildman–Crippen MR) is 94.9 cm³/mol. The lowest BCUT2D eigenvalue weighted by atomic mass is 10.4. The molecule has 0 aliphatic carbocycles. The van der Waals surface area contributed by atoms with Gasteiger partial charge in [-0.1, -0.05) is 6.07 Å². The van der Waals surface area contributed by atoms with E-state index in [9.17, 15) is 0 Å². The van der Waals surface area contributed by atoms with Crippen LogP contribution in [-0.2, 0) is 13.0 Å². The molecule has 0 radical (unpaired) electrons. The fourth-order valence-electron chi connectivity index (χ4n) is 2.12. The summed E-state index contributed by atoms with van der Waals surface area (Å²) in [5, 5.41) is 15.7. The van der Waals surface area contributed by atoms with Crippen molar-refractivity contribution in [2.45, 2.75) is 19.9 Å². The van der Waals surface area contributed by atoms with E-state index >= 15 is 0 Å². The summed E-state index contributed by atoms with van der Waals surface area (Å²) in [6, 6.07) is 7.78. The molecule has 3 aromatic heterocycles. The van der Waals surface area contributed by atoms with Gasteiger partial charge >= 0.3 is 0 Å². The molecule has 0 unspecified atom stereocenters. The molecule has 0 atom stereocenters. The van der Waals surface area contributed by atoms with Crippen molar-refractivity contribution in [3.8, 4) is 11.6 Å². The van der Waals surface area contributed by atoms with Gasteiger partial charge in [0.05, 0.1) is 12.8 Å². The first-order chi connectivity index (χ1) is 11.8. The molecule has 3 N–H and O–H groups in total. The first kappa shape index (κ1) is 16.3. The molecule has 3 heterocycles. The van der Waals surface area contributed by atoms with Gasteiger partial charge in [0.2, 0.25) is 5.82 Å². The molecular weight excluding hydrogens is 324 g/mol. The Balaban J connectivity index is 1.50. The number of aromatic amines is 1. The van der Waals surface area contributed by atoms with E-state index in [1.54, 1.807) is 17.6 Å². The zero-order chi connectivity index (χ0) is 16.6. The SMILES string of the molecule is CCNC(=NCc1cccs1)NCCc1nc(-c2ccco2)n[nH]1. The Labute approximate surface area is 144 Å². The summed E-state index contributed by atoms with van der Waals surface area (Å²) in [7, 11) is 0. The molecule has 0 spiro atoms. The second kappa shape index (κ2) is 8.30. The molecule has 3 aromatic rings. The van der Waals surface area contributed by atoms with Gasteiger partial charge < -0.3 is 15.1 Å². The van der Waals surface area contributed by atoms with Crippen molar-refractivity contribution in [2.75, 3.05) is 13.1 Å². The lowest BCUT2D eigenvalue weighted by Gasteiger charge is -2.10. The van der Waals surface area contributed by atoms with Crippen LogP contribution in [0.4, 0.5) is 0 Å². The fraction of sp³-hybridized carbons (Fsp3) is 0.312. The Morgan fingerprint density at radius 2 is 2.29 bits per heavy atom. The summed E-state index contributed by atoms with van der Waals surface area (Å²) < 4.78 is 5.29. The lowest BCUT2D eigenvalue weighted by Crippen LogP contribution is -2.38. The second-order valence-corrected chi connectivity index (χ2v) is 6.07. The average molecular weight is 344 g/mol. The second-order valence-electron chi connectivity index (χ2n) is 5.03. The van der Waals surface area contributed by atoms with E-state index in [0.717, 1.165) is 24.7 Å². The minimum absolute atomic E-state index is 0.577. The van der Waals surface area contributed by atoms with Crippen LogP contribution in [0.2, 0.25) is 0 Å². The first-order valence-corrected chi connectivity index (χ1v) is 8.73. The maximum atomic E-state index is 5.29. The van der Waals surface area contributed by atoms with Crippen LogP contribution in [0.3, 0.4) is 0 Å². The number of nitrogens with zero attached hydrogens (tertiary/aromatic N) is 3. The third-order valence-electron chi connectivity index (χ3n) is 3.24. The van der Waals surface area contributed by atoms with Crippen molar-refractivity contribution in [1.29, 1.82) is 0 Å². The molecule has 126 valence electrons. The molecule has 0 fully saturated rings. The number of furan rings is 1. The molecule has 0 saturated carbocycles. The van der Waals surface area contributed by atoms with Crippen LogP contribution in [0.25, 0.3) is 11.6 Å². The molecule has 3 rings (SSSR count). The maximum absolute atomic E-state index is 5.29. The van der Waals surface area contributed by atoms with Crippen molar-refractivity contribution >= 4 is 17.3 Å². The monoisotopic (exact) mass is 344 g/mol. The van der Waals surface area contributed by atoms with E-state index < -0.39 is 0 Å². The van der Waals surface area contributed by atoms with Crippen LogP contribution in [0.5, 0.6) is 0 Å². The van der Waals surface area contributed by atoms with Gasteiger partial charge in [0, 0.05) is 24.4 Å². The molecular formula is C16H20N6OS. The van der Waals surface area contributed by atoms with Gasteiger partial charge in [0.15, 0.2) is 11.7 Å². The van der Waals surface area contributed by atoms with Gasteiger partial charge in [-0.2, -0.15) is 5.10 Å². The van der Waals surface area contributed by atoms with Crippen LogP contribution in [0.15, 0.2) is 45.3 Å². The fourth-order valence-corrected chi connectivity index (χ4v) is 2.75. The minimum atomic E-state index is 0.577. The van der Waals surface area contributed by atoms with E-state index in [4.69, 9.17) is 4.42 Å². The average Bonchev–Trinajstić information content (AvgIpc) is 3.33. The highest BCUT2D eigenvalue weighted by Crippen LogP contribution is 2.14. The van der Waals surface area contributed by atoms with Gasteiger partial charge in [-0.15, -0.1) is 11.3 Å². The highest BCUT2D eigenvalue weighted by atomic mass is 32.1. The molecule has 24 heavy (non-hydrogen) atoms. The number of hydrogen-bond donors (Lipinski definition) is 3. The summed E-state index contributed by atoms with van der Waals surface area (Å²) in [6.45, 7) is 4.26. The maximum Gasteiger partial charge on any atom is 0.216 e. The van der Waals surface area contributed by atoms with Crippen LogP contribution in [-0.4, -0.2) is 34.2 Å². The molecule has 7 nitrogen and oxygen atoms in total. The molecule has 0 aliphatic heterocycles. The number of guanidine groups is 1. The standard InChI is InChI=1S/C16H20N6OS/c1-2-17-16(19-11-12-5-4-10-24-12)18-8-7-14-20-15(22-21-14)13-6-3-9-23-13/h3-6,9-10H,2,7-8,11H2,1H3,(H2,17,18,19)(H,20,21,22). The summed E-state index contributed by atoms with van der Waals surface area (Å²) in [5.41, 5.74) is 0. The Bertz CT molecular complexity index is 747. The zero-order valence-corrected chi connectivity index (χ0v) is 14.3. The van der Waals surface area contributed by atoms with Crippen LogP contribution in [0, 0.1) is 0 Å².